The fourth-order valence-electron chi connectivity index (χ4n) is 5.36. The van der Waals surface area contributed by atoms with Crippen molar-refractivity contribution in [3.05, 3.63) is 48.0 Å². The van der Waals surface area contributed by atoms with Crippen LogP contribution in [-0.4, -0.2) is 60.8 Å². The maximum atomic E-state index is 13.9. The Bertz CT molecular complexity index is 1170. The summed E-state index contributed by atoms with van der Waals surface area (Å²) in [6.45, 7) is 0.797. The number of aromatic hydroxyl groups is 1. The number of benzene rings is 2. The minimum absolute atomic E-state index is 0.0802. The number of thioether (sulfide) groups is 1. The number of nitrogens with one attached hydrogen (secondary N) is 1. The van der Waals surface area contributed by atoms with Crippen LogP contribution in [0.3, 0.4) is 0 Å². The third kappa shape index (κ3) is 3.71. The van der Waals surface area contributed by atoms with Crippen molar-refractivity contribution >= 4 is 35.2 Å². The number of rotatable bonds is 6. The van der Waals surface area contributed by atoms with Gasteiger partial charge in [-0.05, 0) is 48.3 Å². The molecule has 0 unspecified atom stereocenters. The number of imide groups is 1. The lowest BCUT2D eigenvalue weighted by atomic mass is 9.78. The Morgan fingerprint density at radius 3 is 2.54 bits per heavy atom. The summed E-state index contributed by atoms with van der Waals surface area (Å²) in [5.41, 5.74) is -0.315. The summed E-state index contributed by atoms with van der Waals surface area (Å²) in [5.74, 6) is -1.56. The molecule has 0 spiro atoms. The number of hydrogen-bond donors (Lipinski definition) is 2. The molecular formula is C25H26N2O7S. The number of phenols is 1. The van der Waals surface area contributed by atoms with Gasteiger partial charge in [0.25, 0.3) is 0 Å². The standard InChI is InChI=1S/C25H26N2O7S/c1-32-24(31)25(9-12-35-2)20-19(21(26-25)14-3-6-16(28)7-4-14)22(29)27(23(20)30)15-5-8-17-18(13-15)34-11-10-33-17/h3-8,13,19-21,26,28H,9-12H2,1-2H3/t19-,20-,21+,25+/m0/s1. The van der Waals surface area contributed by atoms with Crippen molar-refractivity contribution in [1.82, 2.24) is 5.32 Å². The van der Waals surface area contributed by atoms with Crippen LogP contribution in [0.5, 0.6) is 17.2 Å². The van der Waals surface area contributed by atoms with Gasteiger partial charge in [0.05, 0.1) is 24.6 Å². The molecule has 2 aromatic rings. The second-order valence-corrected chi connectivity index (χ2v) is 9.75. The van der Waals surface area contributed by atoms with Gasteiger partial charge >= 0.3 is 5.97 Å². The summed E-state index contributed by atoms with van der Waals surface area (Å²) in [6.07, 6.45) is 2.22. The highest BCUT2D eigenvalue weighted by Crippen LogP contribution is 2.52. The average Bonchev–Trinajstić information content (AvgIpc) is 3.36. The number of fused-ring (bicyclic) bond motifs is 2. The number of nitrogens with zero attached hydrogens (tertiary/aromatic N) is 1. The van der Waals surface area contributed by atoms with E-state index < -0.39 is 41.2 Å². The largest absolute Gasteiger partial charge is 0.508 e. The van der Waals surface area contributed by atoms with Gasteiger partial charge in [-0.2, -0.15) is 11.8 Å². The lowest BCUT2D eigenvalue weighted by molar-refractivity contribution is -0.152. The van der Waals surface area contributed by atoms with Crippen LogP contribution in [0, 0.1) is 11.8 Å². The lowest BCUT2D eigenvalue weighted by Crippen LogP contribution is -2.56. The van der Waals surface area contributed by atoms with Crippen molar-refractivity contribution in [1.29, 1.82) is 0 Å². The van der Waals surface area contributed by atoms with Crippen LogP contribution in [0.15, 0.2) is 42.5 Å². The number of carbonyl (C=O) groups is 3. The van der Waals surface area contributed by atoms with Gasteiger partial charge in [-0.3, -0.25) is 19.7 Å². The zero-order chi connectivity index (χ0) is 24.7. The smallest absolute Gasteiger partial charge is 0.326 e. The Hall–Kier alpha value is -3.24. The predicted molar refractivity (Wildman–Crippen MR) is 129 cm³/mol. The highest BCUT2D eigenvalue weighted by molar-refractivity contribution is 7.98. The van der Waals surface area contributed by atoms with E-state index in [1.165, 1.54) is 19.2 Å². The Kier molecular flexibility index (Phi) is 6.10. The van der Waals surface area contributed by atoms with Crippen molar-refractivity contribution in [3.8, 4) is 17.2 Å². The SMILES string of the molecule is COC(=O)[C@]1(CCSC)N[C@H](c2ccc(O)cc2)[C@H]2C(=O)N(c3ccc4c(c3)OCCO4)C(=O)[C@H]21. The van der Waals surface area contributed by atoms with Gasteiger partial charge in [-0.15, -0.1) is 0 Å². The molecule has 2 amide bonds. The Labute approximate surface area is 206 Å². The molecule has 35 heavy (non-hydrogen) atoms. The van der Waals surface area contributed by atoms with E-state index in [0.717, 1.165) is 4.90 Å². The van der Waals surface area contributed by atoms with Crippen molar-refractivity contribution in [2.75, 3.05) is 37.2 Å². The summed E-state index contributed by atoms with van der Waals surface area (Å²) < 4.78 is 16.4. The first kappa shape index (κ1) is 23.5. The van der Waals surface area contributed by atoms with Gasteiger partial charge in [0.1, 0.15) is 24.5 Å². The number of hydrogen-bond acceptors (Lipinski definition) is 9. The third-order valence-electron chi connectivity index (χ3n) is 6.94. The van der Waals surface area contributed by atoms with Crippen molar-refractivity contribution in [2.24, 2.45) is 11.8 Å². The van der Waals surface area contributed by atoms with Gasteiger partial charge in [0, 0.05) is 12.1 Å². The number of phenolic OH excluding ortho intramolecular Hbond substituents is 1. The average molecular weight is 499 g/mol. The van der Waals surface area contributed by atoms with Gasteiger partial charge in [0.15, 0.2) is 11.5 Å². The maximum Gasteiger partial charge on any atom is 0.326 e. The number of esters is 1. The predicted octanol–water partition coefficient (Wildman–Crippen LogP) is 2.28. The van der Waals surface area contributed by atoms with Crippen LogP contribution in [0.25, 0.3) is 0 Å². The molecule has 4 atom stereocenters. The van der Waals surface area contributed by atoms with Crippen LogP contribution in [0.4, 0.5) is 5.69 Å². The van der Waals surface area contributed by atoms with E-state index in [2.05, 4.69) is 5.32 Å². The van der Waals surface area contributed by atoms with Gasteiger partial charge in [-0.1, -0.05) is 12.1 Å². The molecule has 0 bridgehead atoms. The Morgan fingerprint density at radius 1 is 1.14 bits per heavy atom. The molecule has 184 valence electrons. The number of ether oxygens (including phenoxy) is 3. The molecule has 10 heteroatoms. The van der Waals surface area contributed by atoms with Gasteiger partial charge in [0.2, 0.25) is 11.8 Å². The number of anilines is 1. The van der Waals surface area contributed by atoms with Crippen LogP contribution in [0.1, 0.15) is 18.0 Å². The molecule has 2 fully saturated rings. The quantitative estimate of drug-likeness (QED) is 0.457. The van der Waals surface area contributed by atoms with Gasteiger partial charge in [-0.25, -0.2) is 4.90 Å². The lowest BCUT2D eigenvalue weighted by Gasteiger charge is -2.32. The zero-order valence-corrected chi connectivity index (χ0v) is 20.2. The number of methoxy groups -OCH3 is 1. The first-order valence-electron chi connectivity index (χ1n) is 11.3. The molecule has 2 saturated heterocycles. The summed E-state index contributed by atoms with van der Waals surface area (Å²) in [7, 11) is 1.29. The molecule has 9 nitrogen and oxygen atoms in total. The van der Waals surface area contributed by atoms with E-state index in [1.54, 1.807) is 42.1 Å². The van der Waals surface area contributed by atoms with Crippen LogP contribution < -0.4 is 19.7 Å². The zero-order valence-electron chi connectivity index (χ0n) is 19.4. The van der Waals surface area contributed by atoms with Crippen molar-refractivity contribution in [2.45, 2.75) is 18.0 Å². The molecule has 0 saturated carbocycles. The molecule has 5 rings (SSSR count). The van der Waals surface area contributed by atoms with Crippen molar-refractivity contribution in [3.63, 3.8) is 0 Å². The first-order chi connectivity index (χ1) is 16.9. The van der Waals surface area contributed by atoms with E-state index in [0.29, 0.717) is 48.1 Å². The molecule has 3 aliphatic rings. The van der Waals surface area contributed by atoms with Crippen LogP contribution in [0.2, 0.25) is 0 Å². The molecule has 0 aromatic heterocycles. The molecule has 3 heterocycles. The van der Waals surface area contributed by atoms with E-state index in [-0.39, 0.29) is 5.75 Å². The molecule has 3 aliphatic heterocycles. The third-order valence-corrected chi connectivity index (χ3v) is 7.55. The summed E-state index contributed by atoms with van der Waals surface area (Å²) in [4.78, 5) is 42.2. The van der Waals surface area contributed by atoms with E-state index >= 15 is 0 Å². The van der Waals surface area contributed by atoms with E-state index in [9.17, 15) is 19.5 Å². The van der Waals surface area contributed by atoms with E-state index in [1.807, 2.05) is 6.26 Å². The second kappa shape index (κ2) is 9.09. The minimum atomic E-state index is -1.37. The van der Waals surface area contributed by atoms with Crippen LogP contribution in [-0.2, 0) is 19.1 Å². The number of carbonyl (C=O) groups excluding carboxylic acids is 3. The topological polar surface area (TPSA) is 114 Å². The molecule has 0 radical (unpaired) electrons. The Balaban J connectivity index is 1.61. The minimum Gasteiger partial charge on any atom is -0.508 e. The van der Waals surface area contributed by atoms with Crippen molar-refractivity contribution < 1.29 is 33.7 Å². The first-order valence-corrected chi connectivity index (χ1v) is 12.7. The van der Waals surface area contributed by atoms with E-state index in [4.69, 9.17) is 14.2 Å². The maximum absolute atomic E-state index is 13.9. The van der Waals surface area contributed by atoms with Crippen LogP contribution >= 0.6 is 11.8 Å². The second-order valence-electron chi connectivity index (χ2n) is 8.76. The Morgan fingerprint density at radius 2 is 1.86 bits per heavy atom. The highest BCUT2D eigenvalue weighted by Gasteiger charge is 2.68. The molecular weight excluding hydrogens is 472 g/mol. The normalized spacial score (nSPS) is 27.1. The fraction of sp³-hybridized carbons (Fsp3) is 0.400. The van der Waals surface area contributed by atoms with Gasteiger partial charge < -0.3 is 19.3 Å². The summed E-state index contributed by atoms with van der Waals surface area (Å²) >= 11 is 1.54. The number of amides is 2. The fourth-order valence-corrected chi connectivity index (χ4v) is 5.89. The summed E-state index contributed by atoms with van der Waals surface area (Å²) in [5, 5.41) is 13.1. The molecule has 0 aliphatic carbocycles. The summed E-state index contributed by atoms with van der Waals surface area (Å²) in [6, 6.07) is 10.7. The molecule has 2 aromatic carbocycles. The monoisotopic (exact) mass is 498 g/mol. The highest BCUT2D eigenvalue weighted by atomic mass is 32.2. The molecule has 2 N–H and O–H groups in total.